The summed E-state index contributed by atoms with van der Waals surface area (Å²) >= 11 is 11.8. The van der Waals surface area contributed by atoms with E-state index in [4.69, 9.17) is 29.0 Å². The van der Waals surface area contributed by atoms with E-state index in [0.29, 0.717) is 22.1 Å². The number of nitrogens with two attached hydrogens (primary N) is 1. The normalized spacial score (nSPS) is 10.2. The summed E-state index contributed by atoms with van der Waals surface area (Å²) in [6, 6.07) is 6.75. The maximum absolute atomic E-state index is 12.1. The zero-order valence-corrected chi connectivity index (χ0v) is 12.1. The number of nitrogens with zero attached hydrogens (tertiary/aromatic N) is 1. The van der Waals surface area contributed by atoms with Gasteiger partial charge in [-0.05, 0) is 30.7 Å². The van der Waals surface area contributed by atoms with Crippen molar-refractivity contribution in [2.45, 2.75) is 6.92 Å². The molecule has 5 nitrogen and oxygen atoms in total. The molecule has 0 radical (unpaired) electrons. The third-order valence-electron chi connectivity index (χ3n) is 2.69. The Morgan fingerprint density at radius 3 is 2.70 bits per heavy atom. The van der Waals surface area contributed by atoms with E-state index < -0.39 is 0 Å². The summed E-state index contributed by atoms with van der Waals surface area (Å²) < 4.78 is 0. The lowest BCUT2D eigenvalue weighted by molar-refractivity contribution is 0.102. The number of hydrogen-bond acceptors (Lipinski definition) is 4. The first-order valence-electron chi connectivity index (χ1n) is 5.71. The summed E-state index contributed by atoms with van der Waals surface area (Å²) in [5, 5.41) is 3.57. The van der Waals surface area contributed by atoms with E-state index in [1.54, 1.807) is 12.1 Å². The van der Waals surface area contributed by atoms with Crippen LogP contribution in [0.2, 0.25) is 10.0 Å². The number of hydrazine groups is 1. The molecule has 1 aromatic heterocycles. The number of aryl methyl sites for hydroxylation is 1. The topological polar surface area (TPSA) is 80.0 Å². The molecule has 7 heteroatoms. The van der Waals surface area contributed by atoms with E-state index in [1.165, 1.54) is 12.3 Å². The van der Waals surface area contributed by atoms with Gasteiger partial charge in [0.1, 0.15) is 0 Å². The van der Waals surface area contributed by atoms with Gasteiger partial charge in [0, 0.05) is 16.9 Å². The minimum absolute atomic E-state index is 0.267. The molecule has 0 bridgehead atoms. The van der Waals surface area contributed by atoms with Crippen LogP contribution in [0.15, 0.2) is 30.5 Å². The Bertz CT molecular complexity index is 661. The molecule has 4 N–H and O–H groups in total. The van der Waals surface area contributed by atoms with Crippen molar-refractivity contribution in [2.24, 2.45) is 5.84 Å². The largest absolute Gasteiger partial charge is 0.322 e. The number of pyridine rings is 1. The van der Waals surface area contributed by atoms with Crippen molar-refractivity contribution in [1.29, 1.82) is 0 Å². The summed E-state index contributed by atoms with van der Waals surface area (Å²) in [4.78, 5) is 16.1. The molecule has 0 spiro atoms. The van der Waals surface area contributed by atoms with Gasteiger partial charge in [-0.15, -0.1) is 0 Å². The predicted octanol–water partition coefficient (Wildman–Crippen LogP) is 3.23. The first-order valence-corrected chi connectivity index (χ1v) is 6.46. The van der Waals surface area contributed by atoms with E-state index in [0.717, 1.165) is 5.56 Å². The smallest absolute Gasteiger partial charge is 0.257 e. The lowest BCUT2D eigenvalue weighted by atomic mass is 10.2. The molecule has 104 valence electrons. The van der Waals surface area contributed by atoms with Crippen molar-refractivity contribution in [3.63, 3.8) is 0 Å². The zero-order valence-electron chi connectivity index (χ0n) is 10.6. The fourth-order valence-corrected chi connectivity index (χ4v) is 1.98. The minimum Gasteiger partial charge on any atom is -0.322 e. The van der Waals surface area contributed by atoms with Gasteiger partial charge in [-0.2, -0.15) is 0 Å². The van der Waals surface area contributed by atoms with Crippen LogP contribution in [-0.4, -0.2) is 10.9 Å². The lowest BCUT2D eigenvalue weighted by Crippen LogP contribution is -2.14. The van der Waals surface area contributed by atoms with Crippen molar-refractivity contribution < 1.29 is 4.79 Å². The quantitative estimate of drug-likeness (QED) is 0.600. The summed E-state index contributed by atoms with van der Waals surface area (Å²) in [7, 11) is 0. The predicted molar refractivity (Wildman–Crippen MR) is 81.2 cm³/mol. The summed E-state index contributed by atoms with van der Waals surface area (Å²) in [5.74, 6) is 5.21. The number of aromatic nitrogens is 1. The van der Waals surface area contributed by atoms with Crippen molar-refractivity contribution in [3.05, 3.63) is 51.6 Å². The Kier molecular flexibility index (Phi) is 4.44. The molecular weight excluding hydrogens is 299 g/mol. The molecule has 0 aliphatic heterocycles. The van der Waals surface area contributed by atoms with Crippen LogP contribution >= 0.6 is 23.2 Å². The highest BCUT2D eigenvalue weighted by atomic mass is 35.5. The number of benzene rings is 1. The lowest BCUT2D eigenvalue weighted by Gasteiger charge is -2.09. The molecule has 0 saturated heterocycles. The molecule has 1 heterocycles. The SMILES string of the molecule is Cc1ccc(Cl)cc1NC(=O)c1cnc(NN)c(Cl)c1. The number of carbonyl (C=O) groups excluding carboxylic acids is 1. The molecule has 1 amide bonds. The maximum Gasteiger partial charge on any atom is 0.257 e. The number of amides is 1. The fraction of sp³-hybridized carbons (Fsp3) is 0.0769. The molecule has 0 fully saturated rings. The highest BCUT2D eigenvalue weighted by molar-refractivity contribution is 6.33. The van der Waals surface area contributed by atoms with Crippen molar-refractivity contribution >= 4 is 40.6 Å². The molecule has 0 atom stereocenters. The standard InChI is InChI=1S/C13H12Cl2N4O/c1-7-2-3-9(14)5-11(7)18-13(20)8-4-10(15)12(19-16)17-6-8/h2-6H,16H2,1H3,(H,17,19)(H,18,20). The highest BCUT2D eigenvalue weighted by Gasteiger charge is 2.11. The van der Waals surface area contributed by atoms with Crippen LogP contribution in [-0.2, 0) is 0 Å². The van der Waals surface area contributed by atoms with Gasteiger partial charge in [0.2, 0.25) is 0 Å². The van der Waals surface area contributed by atoms with E-state index in [1.807, 2.05) is 13.0 Å². The van der Waals surface area contributed by atoms with Gasteiger partial charge in [0.25, 0.3) is 5.91 Å². The highest BCUT2D eigenvalue weighted by Crippen LogP contribution is 2.22. The second-order valence-corrected chi connectivity index (χ2v) is 4.96. The Balaban J connectivity index is 2.24. The molecule has 20 heavy (non-hydrogen) atoms. The summed E-state index contributed by atoms with van der Waals surface area (Å²) in [6.45, 7) is 1.87. The van der Waals surface area contributed by atoms with Gasteiger partial charge < -0.3 is 10.7 Å². The second-order valence-electron chi connectivity index (χ2n) is 4.11. The van der Waals surface area contributed by atoms with E-state index in [2.05, 4.69) is 15.7 Å². The second kappa shape index (κ2) is 6.09. The number of nitrogen functional groups attached to an aromatic ring is 1. The van der Waals surface area contributed by atoms with E-state index in [-0.39, 0.29) is 10.9 Å². The van der Waals surface area contributed by atoms with Crippen molar-refractivity contribution in [3.8, 4) is 0 Å². The van der Waals surface area contributed by atoms with Gasteiger partial charge in [0.15, 0.2) is 5.82 Å². The van der Waals surface area contributed by atoms with Crippen LogP contribution in [0.5, 0.6) is 0 Å². The first kappa shape index (κ1) is 14.6. The van der Waals surface area contributed by atoms with Crippen LogP contribution in [0.1, 0.15) is 15.9 Å². The Morgan fingerprint density at radius 1 is 1.30 bits per heavy atom. The summed E-state index contributed by atoms with van der Waals surface area (Å²) in [6.07, 6.45) is 1.39. The van der Waals surface area contributed by atoms with Crippen LogP contribution in [0.4, 0.5) is 11.5 Å². The third kappa shape index (κ3) is 3.19. The maximum atomic E-state index is 12.1. The van der Waals surface area contributed by atoms with E-state index in [9.17, 15) is 4.79 Å². The number of nitrogens with one attached hydrogen (secondary N) is 2. The van der Waals surface area contributed by atoms with Crippen LogP contribution in [0, 0.1) is 6.92 Å². The van der Waals surface area contributed by atoms with Gasteiger partial charge in [-0.1, -0.05) is 29.3 Å². The average molecular weight is 311 g/mol. The number of halogens is 2. The molecule has 0 saturated carbocycles. The van der Waals surface area contributed by atoms with Crippen LogP contribution in [0.25, 0.3) is 0 Å². The van der Waals surface area contributed by atoms with E-state index >= 15 is 0 Å². The number of rotatable bonds is 3. The van der Waals surface area contributed by atoms with Crippen LogP contribution in [0.3, 0.4) is 0 Å². The Labute approximate surface area is 126 Å². The van der Waals surface area contributed by atoms with Gasteiger partial charge in [-0.3, -0.25) is 4.79 Å². The van der Waals surface area contributed by atoms with Gasteiger partial charge in [-0.25, -0.2) is 10.8 Å². The molecule has 0 unspecified atom stereocenters. The van der Waals surface area contributed by atoms with Crippen molar-refractivity contribution in [1.82, 2.24) is 4.98 Å². The van der Waals surface area contributed by atoms with Gasteiger partial charge in [0.05, 0.1) is 10.6 Å². The zero-order chi connectivity index (χ0) is 14.7. The molecule has 2 rings (SSSR count). The minimum atomic E-state index is -0.326. The molecule has 0 aliphatic rings. The number of anilines is 2. The average Bonchev–Trinajstić information content (AvgIpc) is 2.42. The third-order valence-corrected chi connectivity index (χ3v) is 3.21. The Morgan fingerprint density at radius 2 is 2.05 bits per heavy atom. The van der Waals surface area contributed by atoms with Crippen molar-refractivity contribution in [2.75, 3.05) is 10.7 Å². The molecule has 2 aromatic rings. The van der Waals surface area contributed by atoms with Crippen LogP contribution < -0.4 is 16.6 Å². The molecular formula is C13H12Cl2N4O. The monoisotopic (exact) mass is 310 g/mol. The molecule has 0 aliphatic carbocycles. The first-order chi connectivity index (χ1) is 9.51. The number of hydrogen-bond donors (Lipinski definition) is 3. The number of carbonyl (C=O) groups is 1. The molecule has 1 aromatic carbocycles. The fourth-order valence-electron chi connectivity index (χ4n) is 1.59. The van der Waals surface area contributed by atoms with Gasteiger partial charge >= 0.3 is 0 Å². The summed E-state index contributed by atoms with van der Waals surface area (Å²) in [5.41, 5.74) is 4.21. The Hall–Kier alpha value is -1.82.